The van der Waals surface area contributed by atoms with E-state index in [2.05, 4.69) is 4.98 Å². The van der Waals surface area contributed by atoms with Crippen LogP contribution >= 0.6 is 0 Å². The van der Waals surface area contributed by atoms with Crippen molar-refractivity contribution < 1.29 is 14.7 Å². The molecule has 24 heavy (non-hydrogen) atoms. The SMILES string of the molecule is CC(C)C1(C(=O)O)CCN(C(=O)c2cncn2-c2ccccc2)C1. The second kappa shape index (κ2) is 6.11. The van der Waals surface area contributed by atoms with Crippen molar-refractivity contribution in [3.63, 3.8) is 0 Å². The normalized spacial score (nSPS) is 20.5. The number of carboxylic acids is 1. The van der Waals surface area contributed by atoms with Gasteiger partial charge in [-0.2, -0.15) is 0 Å². The van der Waals surface area contributed by atoms with E-state index < -0.39 is 11.4 Å². The van der Waals surface area contributed by atoms with Crippen molar-refractivity contribution in [2.24, 2.45) is 11.3 Å². The second-order valence-corrected chi connectivity index (χ2v) is 6.58. The molecule has 2 aromatic rings. The molecule has 0 spiro atoms. The first kappa shape index (κ1) is 16.2. The summed E-state index contributed by atoms with van der Waals surface area (Å²) in [6.45, 7) is 4.48. The van der Waals surface area contributed by atoms with Crippen molar-refractivity contribution in [1.82, 2.24) is 14.5 Å². The van der Waals surface area contributed by atoms with Crippen molar-refractivity contribution >= 4 is 11.9 Å². The second-order valence-electron chi connectivity index (χ2n) is 6.58. The Labute approximate surface area is 140 Å². The molecule has 1 aromatic heterocycles. The standard InChI is InChI=1S/C18H21N3O3/c1-13(2)18(17(23)24)8-9-20(11-18)16(22)15-10-19-12-21(15)14-6-4-3-5-7-14/h3-7,10,12-13H,8-9,11H2,1-2H3,(H,23,24). The summed E-state index contributed by atoms with van der Waals surface area (Å²) in [6.07, 6.45) is 3.61. The highest BCUT2D eigenvalue weighted by atomic mass is 16.4. The van der Waals surface area contributed by atoms with Gasteiger partial charge in [-0.1, -0.05) is 32.0 Å². The Kier molecular flexibility index (Phi) is 4.13. The zero-order valence-corrected chi connectivity index (χ0v) is 13.8. The fourth-order valence-electron chi connectivity index (χ4n) is 3.31. The molecule has 6 heteroatoms. The van der Waals surface area contributed by atoms with Crippen molar-refractivity contribution in [2.45, 2.75) is 20.3 Å². The van der Waals surface area contributed by atoms with Crippen LogP contribution in [-0.4, -0.2) is 44.5 Å². The molecule has 1 unspecified atom stereocenters. The first-order valence-electron chi connectivity index (χ1n) is 8.06. The molecule has 0 radical (unpaired) electrons. The first-order valence-corrected chi connectivity index (χ1v) is 8.06. The molecule has 1 amide bonds. The number of hydrogen-bond donors (Lipinski definition) is 1. The smallest absolute Gasteiger partial charge is 0.311 e. The van der Waals surface area contributed by atoms with Gasteiger partial charge in [0, 0.05) is 18.8 Å². The number of aromatic nitrogens is 2. The molecule has 1 fully saturated rings. The van der Waals surface area contributed by atoms with Gasteiger partial charge in [-0.3, -0.25) is 14.2 Å². The Morgan fingerprint density at radius 2 is 1.96 bits per heavy atom. The Morgan fingerprint density at radius 1 is 1.25 bits per heavy atom. The number of benzene rings is 1. The van der Waals surface area contributed by atoms with Crippen molar-refractivity contribution in [3.8, 4) is 5.69 Å². The number of amides is 1. The Morgan fingerprint density at radius 3 is 2.54 bits per heavy atom. The lowest BCUT2D eigenvalue weighted by molar-refractivity contribution is -0.150. The zero-order chi connectivity index (χ0) is 17.3. The lowest BCUT2D eigenvalue weighted by Crippen LogP contribution is -2.40. The summed E-state index contributed by atoms with van der Waals surface area (Å²) in [5.41, 5.74) is 0.435. The maximum Gasteiger partial charge on any atom is 0.311 e. The highest BCUT2D eigenvalue weighted by Gasteiger charge is 2.48. The summed E-state index contributed by atoms with van der Waals surface area (Å²) in [5, 5.41) is 9.64. The molecule has 1 aliphatic rings. The monoisotopic (exact) mass is 327 g/mol. The lowest BCUT2D eigenvalue weighted by Gasteiger charge is -2.28. The molecule has 0 aliphatic carbocycles. The van der Waals surface area contributed by atoms with Gasteiger partial charge in [-0.05, 0) is 24.5 Å². The van der Waals surface area contributed by atoms with Crippen molar-refractivity contribution in [3.05, 3.63) is 48.5 Å². The van der Waals surface area contributed by atoms with Crippen LogP contribution in [-0.2, 0) is 4.79 Å². The largest absolute Gasteiger partial charge is 0.481 e. The minimum absolute atomic E-state index is 0.0353. The number of imidazole rings is 1. The first-order chi connectivity index (χ1) is 11.5. The van der Waals surface area contributed by atoms with Crippen LogP contribution in [0.4, 0.5) is 0 Å². The summed E-state index contributed by atoms with van der Waals surface area (Å²) in [5.74, 6) is -1.05. The van der Waals surface area contributed by atoms with Crippen LogP contribution in [0, 0.1) is 11.3 Å². The fraction of sp³-hybridized carbons (Fsp3) is 0.389. The number of carboxylic acid groups (broad SMARTS) is 1. The number of para-hydroxylation sites is 1. The summed E-state index contributed by atoms with van der Waals surface area (Å²) < 4.78 is 1.73. The Bertz CT molecular complexity index is 754. The molecule has 0 saturated carbocycles. The molecule has 2 heterocycles. The minimum atomic E-state index is -0.868. The van der Waals surface area contributed by atoms with E-state index in [0.29, 0.717) is 18.7 Å². The maximum absolute atomic E-state index is 12.9. The summed E-state index contributed by atoms with van der Waals surface area (Å²) >= 11 is 0. The maximum atomic E-state index is 12.9. The van der Waals surface area contributed by atoms with Crippen LogP contribution in [0.5, 0.6) is 0 Å². The summed E-state index contributed by atoms with van der Waals surface area (Å²) in [6, 6.07) is 9.50. The van der Waals surface area contributed by atoms with E-state index in [4.69, 9.17) is 0 Å². The van der Waals surface area contributed by atoms with Crippen LogP contribution in [0.15, 0.2) is 42.9 Å². The van der Waals surface area contributed by atoms with Gasteiger partial charge in [0.15, 0.2) is 0 Å². The van der Waals surface area contributed by atoms with E-state index in [9.17, 15) is 14.7 Å². The van der Waals surface area contributed by atoms with Gasteiger partial charge in [0.05, 0.1) is 17.9 Å². The van der Waals surface area contributed by atoms with E-state index in [1.54, 1.807) is 15.8 Å². The van der Waals surface area contributed by atoms with Crippen LogP contribution in [0.25, 0.3) is 5.69 Å². The molecule has 0 bridgehead atoms. The third-order valence-corrected chi connectivity index (χ3v) is 5.01. The number of hydrogen-bond acceptors (Lipinski definition) is 3. The molecule has 1 aliphatic heterocycles. The molecule has 126 valence electrons. The van der Waals surface area contributed by atoms with E-state index >= 15 is 0 Å². The predicted molar refractivity (Wildman–Crippen MR) is 89.0 cm³/mol. The van der Waals surface area contributed by atoms with Crippen molar-refractivity contribution in [2.75, 3.05) is 13.1 Å². The third kappa shape index (κ3) is 2.58. The molecule has 1 atom stereocenters. The van der Waals surface area contributed by atoms with Gasteiger partial charge in [0.25, 0.3) is 5.91 Å². The fourth-order valence-corrected chi connectivity index (χ4v) is 3.31. The molecule has 1 N–H and O–H groups in total. The lowest BCUT2D eigenvalue weighted by atomic mass is 9.76. The van der Waals surface area contributed by atoms with Gasteiger partial charge in [-0.25, -0.2) is 4.98 Å². The number of carbonyl (C=O) groups excluding carboxylic acids is 1. The minimum Gasteiger partial charge on any atom is -0.481 e. The Hall–Kier alpha value is -2.63. The van der Waals surface area contributed by atoms with E-state index in [0.717, 1.165) is 5.69 Å². The number of likely N-dealkylation sites (tertiary alicyclic amines) is 1. The summed E-state index contributed by atoms with van der Waals surface area (Å²) in [4.78, 5) is 30.4. The van der Waals surface area contributed by atoms with E-state index in [1.165, 1.54) is 6.20 Å². The molecule has 6 nitrogen and oxygen atoms in total. The number of aliphatic carboxylic acids is 1. The number of rotatable bonds is 4. The highest BCUT2D eigenvalue weighted by Crippen LogP contribution is 2.38. The molecular formula is C18H21N3O3. The summed E-state index contributed by atoms with van der Waals surface area (Å²) in [7, 11) is 0. The van der Waals surface area contributed by atoms with Gasteiger partial charge >= 0.3 is 5.97 Å². The number of nitrogens with zero attached hydrogens (tertiary/aromatic N) is 3. The van der Waals surface area contributed by atoms with E-state index in [-0.39, 0.29) is 18.4 Å². The average molecular weight is 327 g/mol. The Balaban J connectivity index is 1.87. The third-order valence-electron chi connectivity index (χ3n) is 5.01. The predicted octanol–water partition coefficient (Wildman–Crippen LogP) is 2.45. The molecule has 1 saturated heterocycles. The van der Waals surface area contributed by atoms with Crippen LogP contribution in [0.3, 0.4) is 0 Å². The van der Waals surface area contributed by atoms with Gasteiger partial charge in [0.1, 0.15) is 5.69 Å². The number of carbonyl (C=O) groups is 2. The quantitative estimate of drug-likeness (QED) is 0.936. The molecule has 3 rings (SSSR count). The van der Waals surface area contributed by atoms with Crippen LogP contribution in [0.2, 0.25) is 0 Å². The van der Waals surface area contributed by atoms with Gasteiger partial charge in [-0.15, -0.1) is 0 Å². The van der Waals surface area contributed by atoms with Gasteiger partial charge < -0.3 is 10.0 Å². The topological polar surface area (TPSA) is 75.4 Å². The molecule has 1 aromatic carbocycles. The van der Waals surface area contributed by atoms with Crippen LogP contribution < -0.4 is 0 Å². The van der Waals surface area contributed by atoms with Crippen molar-refractivity contribution in [1.29, 1.82) is 0 Å². The van der Waals surface area contributed by atoms with Crippen LogP contribution in [0.1, 0.15) is 30.8 Å². The van der Waals surface area contributed by atoms with E-state index in [1.807, 2.05) is 44.2 Å². The highest BCUT2D eigenvalue weighted by molar-refractivity contribution is 5.94. The average Bonchev–Trinajstić information content (AvgIpc) is 3.23. The van der Waals surface area contributed by atoms with Gasteiger partial charge in [0.2, 0.25) is 0 Å². The molecular weight excluding hydrogens is 306 g/mol. The zero-order valence-electron chi connectivity index (χ0n) is 13.8.